The number of likely N-dealkylation sites (N-methyl/N-ethyl adjacent to an activating group) is 1. The second-order valence-electron chi connectivity index (χ2n) is 6.76. The highest BCUT2D eigenvalue weighted by Gasteiger charge is 2.41. The number of nitrogens with one attached hydrogen (secondary N) is 1. The normalized spacial score (nSPS) is 16.0. The molecule has 2 atom stereocenters. The lowest BCUT2D eigenvalue weighted by Gasteiger charge is -2.31. The molecule has 0 radical (unpaired) electrons. The highest BCUT2D eigenvalue weighted by atomic mass is 16.2. The molecule has 28 heavy (non-hydrogen) atoms. The van der Waals surface area contributed by atoms with E-state index in [4.69, 9.17) is 0 Å². The van der Waals surface area contributed by atoms with E-state index in [1.54, 1.807) is 37.4 Å². The van der Waals surface area contributed by atoms with Crippen molar-refractivity contribution in [2.24, 2.45) is 0 Å². The van der Waals surface area contributed by atoms with Crippen LogP contribution in [-0.4, -0.2) is 53.3 Å². The number of imide groups is 1. The molecule has 1 saturated heterocycles. The van der Waals surface area contributed by atoms with Crippen LogP contribution in [0.2, 0.25) is 0 Å². The number of hydrogen-bond donors (Lipinski definition) is 1. The Hall–Kier alpha value is -3.41. The first-order valence-electron chi connectivity index (χ1n) is 9.11. The average Bonchev–Trinajstić information content (AvgIpc) is 2.96. The average molecular weight is 377 g/mol. The third-order valence-corrected chi connectivity index (χ3v) is 4.78. The van der Waals surface area contributed by atoms with Gasteiger partial charge in [0.05, 0.1) is 12.1 Å². The zero-order valence-corrected chi connectivity index (χ0v) is 15.7. The first-order chi connectivity index (χ1) is 13.5. The zero-order chi connectivity index (χ0) is 20.1. The summed E-state index contributed by atoms with van der Waals surface area (Å²) in [6.45, 7) is 3.85. The molecule has 2 aromatic carbocycles. The van der Waals surface area contributed by atoms with Gasteiger partial charge in [-0.2, -0.15) is 0 Å². The van der Waals surface area contributed by atoms with Gasteiger partial charge in [0.15, 0.2) is 0 Å². The van der Waals surface area contributed by atoms with E-state index >= 15 is 0 Å². The van der Waals surface area contributed by atoms with Crippen molar-refractivity contribution in [2.45, 2.75) is 18.5 Å². The maximum atomic E-state index is 12.8. The van der Waals surface area contributed by atoms with E-state index < -0.39 is 12.1 Å². The Morgan fingerprint density at radius 3 is 2.25 bits per heavy atom. The molecule has 0 spiro atoms. The molecule has 0 aromatic heterocycles. The summed E-state index contributed by atoms with van der Waals surface area (Å²) in [6.07, 6.45) is 2.00. The van der Waals surface area contributed by atoms with Crippen molar-refractivity contribution in [2.75, 3.05) is 13.6 Å². The van der Waals surface area contributed by atoms with Crippen LogP contribution in [0.1, 0.15) is 15.9 Å². The molecule has 0 saturated carbocycles. The Morgan fingerprint density at radius 1 is 1.11 bits per heavy atom. The van der Waals surface area contributed by atoms with Gasteiger partial charge in [-0.05, 0) is 24.1 Å². The highest BCUT2D eigenvalue weighted by Crippen LogP contribution is 2.19. The van der Waals surface area contributed by atoms with Gasteiger partial charge in [0.2, 0.25) is 0 Å². The van der Waals surface area contributed by atoms with Crippen molar-refractivity contribution in [1.82, 2.24) is 15.1 Å². The minimum absolute atomic E-state index is 0.0217. The van der Waals surface area contributed by atoms with Crippen LogP contribution in [0.25, 0.3) is 0 Å². The molecule has 0 aliphatic carbocycles. The number of carbonyl (C=O) groups is 3. The molecule has 4 amide bonds. The minimum Gasteiger partial charge on any atom is -0.347 e. The Balaban J connectivity index is 1.90. The van der Waals surface area contributed by atoms with Gasteiger partial charge >= 0.3 is 6.03 Å². The van der Waals surface area contributed by atoms with Crippen LogP contribution in [0.15, 0.2) is 73.3 Å². The van der Waals surface area contributed by atoms with Crippen LogP contribution < -0.4 is 5.32 Å². The van der Waals surface area contributed by atoms with Crippen LogP contribution in [0.5, 0.6) is 0 Å². The van der Waals surface area contributed by atoms with Gasteiger partial charge in [-0.15, -0.1) is 6.58 Å². The van der Waals surface area contributed by atoms with Crippen molar-refractivity contribution in [1.29, 1.82) is 0 Å². The maximum absolute atomic E-state index is 12.8. The Kier molecular flexibility index (Phi) is 5.89. The van der Waals surface area contributed by atoms with Gasteiger partial charge in [-0.25, -0.2) is 4.79 Å². The molecule has 3 rings (SSSR count). The monoisotopic (exact) mass is 377 g/mol. The number of urea groups is 1. The van der Waals surface area contributed by atoms with Crippen LogP contribution in [0, 0.1) is 0 Å². The number of rotatable bonds is 7. The molecule has 1 heterocycles. The van der Waals surface area contributed by atoms with E-state index in [0.717, 1.165) is 5.56 Å². The van der Waals surface area contributed by atoms with E-state index in [1.165, 1.54) is 9.80 Å². The number of hydrogen-bond acceptors (Lipinski definition) is 3. The second-order valence-corrected chi connectivity index (χ2v) is 6.76. The lowest BCUT2D eigenvalue weighted by atomic mass is 9.97. The minimum atomic E-state index is -0.655. The summed E-state index contributed by atoms with van der Waals surface area (Å²) in [6, 6.07) is 16.9. The van der Waals surface area contributed by atoms with Crippen molar-refractivity contribution < 1.29 is 14.4 Å². The van der Waals surface area contributed by atoms with Crippen LogP contribution in [-0.2, 0) is 11.2 Å². The topological polar surface area (TPSA) is 69.7 Å². The molecular formula is C22H23N3O3. The summed E-state index contributed by atoms with van der Waals surface area (Å²) in [5.41, 5.74) is 1.50. The largest absolute Gasteiger partial charge is 0.347 e. The Bertz CT molecular complexity index is 867. The molecule has 144 valence electrons. The summed E-state index contributed by atoms with van der Waals surface area (Å²) < 4.78 is 0. The quantitative estimate of drug-likeness (QED) is 0.595. The van der Waals surface area contributed by atoms with E-state index in [-0.39, 0.29) is 24.4 Å². The molecule has 1 aliphatic heterocycles. The molecule has 6 heteroatoms. The molecular weight excluding hydrogens is 354 g/mol. The standard InChI is InChI=1S/C22H23N3O3/c1-3-19(25-20(26)15-24(2)22(25)28)18(14-16-10-6-4-7-11-16)23-21(27)17-12-8-5-9-13-17/h3-13,18-19H,1,14-15H2,2H3,(H,23,27)/t18-,19-/m0/s1. The highest BCUT2D eigenvalue weighted by molar-refractivity contribution is 6.02. The lowest BCUT2D eigenvalue weighted by Crippen LogP contribution is -2.54. The molecule has 2 aromatic rings. The molecule has 1 fully saturated rings. The fraction of sp³-hybridized carbons (Fsp3) is 0.227. The van der Waals surface area contributed by atoms with Crippen LogP contribution >= 0.6 is 0 Å². The Morgan fingerprint density at radius 2 is 1.71 bits per heavy atom. The van der Waals surface area contributed by atoms with E-state index in [2.05, 4.69) is 11.9 Å². The number of nitrogens with zero attached hydrogens (tertiary/aromatic N) is 2. The fourth-order valence-electron chi connectivity index (χ4n) is 3.35. The molecule has 6 nitrogen and oxygen atoms in total. The number of benzene rings is 2. The van der Waals surface area contributed by atoms with Gasteiger partial charge in [-0.1, -0.05) is 54.6 Å². The maximum Gasteiger partial charge on any atom is 0.327 e. The summed E-state index contributed by atoms with van der Waals surface area (Å²) in [5, 5.41) is 2.99. The summed E-state index contributed by atoms with van der Waals surface area (Å²) >= 11 is 0. The number of amides is 4. The van der Waals surface area contributed by atoms with Crippen LogP contribution in [0.4, 0.5) is 4.79 Å². The molecule has 1 aliphatic rings. The summed E-state index contributed by atoms with van der Waals surface area (Å²) in [5.74, 6) is -0.565. The molecule has 0 bridgehead atoms. The first-order valence-corrected chi connectivity index (χ1v) is 9.11. The number of carbonyl (C=O) groups excluding carboxylic acids is 3. The van der Waals surface area contributed by atoms with Crippen molar-refractivity contribution in [3.8, 4) is 0 Å². The van der Waals surface area contributed by atoms with Crippen molar-refractivity contribution in [3.05, 3.63) is 84.4 Å². The second kappa shape index (κ2) is 8.52. The fourth-order valence-corrected chi connectivity index (χ4v) is 3.35. The van der Waals surface area contributed by atoms with Gasteiger partial charge in [-0.3, -0.25) is 14.5 Å². The van der Waals surface area contributed by atoms with Crippen molar-refractivity contribution >= 4 is 17.8 Å². The molecule has 1 N–H and O–H groups in total. The third-order valence-electron chi connectivity index (χ3n) is 4.78. The summed E-state index contributed by atoms with van der Waals surface area (Å²) in [4.78, 5) is 40.2. The predicted octanol–water partition coefficient (Wildman–Crippen LogP) is 2.48. The predicted molar refractivity (Wildman–Crippen MR) is 107 cm³/mol. The first kappa shape index (κ1) is 19.4. The van der Waals surface area contributed by atoms with Crippen molar-refractivity contribution in [3.63, 3.8) is 0 Å². The van der Waals surface area contributed by atoms with E-state index in [9.17, 15) is 14.4 Å². The molecule has 0 unspecified atom stereocenters. The Labute approximate surface area is 164 Å². The third kappa shape index (κ3) is 4.11. The van der Waals surface area contributed by atoms with Gasteiger partial charge in [0.1, 0.15) is 6.54 Å². The lowest BCUT2D eigenvalue weighted by molar-refractivity contribution is -0.126. The van der Waals surface area contributed by atoms with E-state index in [1.807, 2.05) is 36.4 Å². The van der Waals surface area contributed by atoms with Gasteiger partial charge in [0.25, 0.3) is 11.8 Å². The SMILES string of the molecule is C=C[C@@H]([C@H](Cc1ccccc1)NC(=O)c1ccccc1)N1C(=O)CN(C)C1=O. The summed E-state index contributed by atoms with van der Waals surface area (Å²) in [7, 11) is 1.58. The smallest absolute Gasteiger partial charge is 0.327 e. The van der Waals surface area contributed by atoms with E-state index in [0.29, 0.717) is 12.0 Å². The zero-order valence-electron chi connectivity index (χ0n) is 15.7. The van der Waals surface area contributed by atoms with Crippen LogP contribution in [0.3, 0.4) is 0 Å². The van der Waals surface area contributed by atoms with Gasteiger partial charge < -0.3 is 10.2 Å². The van der Waals surface area contributed by atoms with Gasteiger partial charge in [0, 0.05) is 12.6 Å².